The molecule has 2 aliphatic rings. The van der Waals surface area contributed by atoms with Crippen LogP contribution in [0.15, 0.2) is 0 Å². The lowest BCUT2D eigenvalue weighted by molar-refractivity contribution is 0.121. The van der Waals surface area contributed by atoms with Gasteiger partial charge in [0.15, 0.2) is 0 Å². The van der Waals surface area contributed by atoms with Crippen molar-refractivity contribution in [2.45, 2.75) is 32.2 Å². The number of nitrogens with two attached hydrogens (primary N) is 1. The molecule has 2 rings (SSSR count). The van der Waals surface area contributed by atoms with Gasteiger partial charge in [-0.25, -0.2) is 8.42 Å². The molecule has 6 nitrogen and oxygen atoms in total. The van der Waals surface area contributed by atoms with Gasteiger partial charge in [0.05, 0.1) is 11.3 Å². The van der Waals surface area contributed by atoms with Gasteiger partial charge in [0.2, 0.25) is 10.0 Å². The smallest absolute Gasteiger partial charge is 0.214 e. The minimum Gasteiger partial charge on any atom is -0.386 e. The van der Waals surface area contributed by atoms with Crippen molar-refractivity contribution in [3.8, 4) is 0 Å². The van der Waals surface area contributed by atoms with Crippen molar-refractivity contribution in [3.05, 3.63) is 0 Å². The molecule has 7 heteroatoms. The Labute approximate surface area is 115 Å². The van der Waals surface area contributed by atoms with E-state index in [4.69, 9.17) is 11.1 Å². The molecule has 0 aromatic heterocycles. The summed E-state index contributed by atoms with van der Waals surface area (Å²) in [5.41, 5.74) is 5.11. The summed E-state index contributed by atoms with van der Waals surface area (Å²) in [4.78, 5) is 2.08. The topological polar surface area (TPSA) is 90.5 Å². The van der Waals surface area contributed by atoms with Crippen LogP contribution < -0.4 is 5.73 Å². The Morgan fingerprint density at radius 3 is 2.21 bits per heavy atom. The summed E-state index contributed by atoms with van der Waals surface area (Å²) in [5.74, 6) is 0.821. The van der Waals surface area contributed by atoms with E-state index in [1.165, 1.54) is 0 Å². The molecule has 0 radical (unpaired) electrons. The predicted octanol–water partition coefficient (Wildman–Crippen LogP) is 0.0584. The Morgan fingerprint density at radius 1 is 1.26 bits per heavy atom. The van der Waals surface area contributed by atoms with Crippen molar-refractivity contribution in [2.24, 2.45) is 11.7 Å². The van der Waals surface area contributed by atoms with Crippen LogP contribution in [0.2, 0.25) is 0 Å². The standard InChI is InChI=1S/C12H24N4O2S/c1-12(2,11(13)14)15-5-7-16(8-6-15)19(17,18)9-10-3-4-10/h10H,3-9H2,1-2H3,(H3,13,14). The van der Waals surface area contributed by atoms with E-state index >= 15 is 0 Å². The predicted molar refractivity (Wildman–Crippen MR) is 75.6 cm³/mol. The van der Waals surface area contributed by atoms with Crippen LogP contribution in [-0.2, 0) is 10.0 Å². The van der Waals surface area contributed by atoms with E-state index in [2.05, 4.69) is 4.90 Å². The molecule has 0 unspecified atom stereocenters. The fraction of sp³-hybridized carbons (Fsp3) is 0.917. The zero-order chi connectivity index (χ0) is 14.3. The van der Waals surface area contributed by atoms with Gasteiger partial charge in [-0.05, 0) is 32.6 Å². The summed E-state index contributed by atoms with van der Waals surface area (Å²) < 4.78 is 25.9. The number of nitrogens with one attached hydrogen (secondary N) is 1. The second-order valence-corrected chi connectivity index (χ2v) is 8.09. The van der Waals surface area contributed by atoms with Gasteiger partial charge in [-0.2, -0.15) is 4.31 Å². The molecule has 1 saturated heterocycles. The first-order valence-electron chi connectivity index (χ1n) is 6.81. The van der Waals surface area contributed by atoms with Crippen molar-refractivity contribution >= 4 is 15.9 Å². The van der Waals surface area contributed by atoms with Crippen LogP contribution in [0.1, 0.15) is 26.7 Å². The van der Waals surface area contributed by atoms with E-state index in [0.717, 1.165) is 12.8 Å². The lowest BCUT2D eigenvalue weighted by Gasteiger charge is -2.42. The Kier molecular flexibility index (Phi) is 3.90. The molecule has 0 spiro atoms. The highest BCUT2D eigenvalue weighted by molar-refractivity contribution is 7.89. The maximum absolute atomic E-state index is 12.2. The van der Waals surface area contributed by atoms with Gasteiger partial charge in [0.1, 0.15) is 5.84 Å². The first-order chi connectivity index (χ1) is 8.73. The number of sulfonamides is 1. The van der Waals surface area contributed by atoms with Crippen LogP contribution >= 0.6 is 0 Å². The van der Waals surface area contributed by atoms with E-state index in [0.29, 0.717) is 37.8 Å². The second-order valence-electron chi connectivity index (χ2n) is 6.08. The quantitative estimate of drug-likeness (QED) is 0.553. The Hall–Kier alpha value is -0.660. The van der Waals surface area contributed by atoms with Crippen LogP contribution in [0.3, 0.4) is 0 Å². The summed E-state index contributed by atoms with van der Waals surface area (Å²) in [6.45, 7) is 6.10. The van der Waals surface area contributed by atoms with Gasteiger partial charge in [0, 0.05) is 26.2 Å². The van der Waals surface area contributed by atoms with Crippen LogP contribution in [-0.4, -0.2) is 60.9 Å². The van der Waals surface area contributed by atoms with E-state index in [9.17, 15) is 8.42 Å². The number of hydrogen-bond acceptors (Lipinski definition) is 4. The third-order valence-corrected chi connectivity index (χ3v) is 6.27. The first kappa shape index (κ1) is 14.7. The van der Waals surface area contributed by atoms with Gasteiger partial charge in [-0.3, -0.25) is 10.3 Å². The van der Waals surface area contributed by atoms with E-state index in [-0.39, 0.29) is 5.84 Å². The molecule has 1 aliphatic heterocycles. The molecule has 1 aliphatic carbocycles. The van der Waals surface area contributed by atoms with Crippen LogP contribution in [0, 0.1) is 11.3 Å². The zero-order valence-electron chi connectivity index (χ0n) is 11.7. The highest BCUT2D eigenvalue weighted by Crippen LogP contribution is 2.31. The van der Waals surface area contributed by atoms with Gasteiger partial charge in [-0.15, -0.1) is 0 Å². The molecule has 3 N–H and O–H groups in total. The lowest BCUT2D eigenvalue weighted by atomic mass is 10.0. The molecule has 0 amide bonds. The normalized spacial score (nSPS) is 23.5. The molecule has 0 bridgehead atoms. The lowest BCUT2D eigenvalue weighted by Crippen LogP contribution is -2.60. The van der Waals surface area contributed by atoms with Crippen LogP contribution in [0.5, 0.6) is 0 Å². The zero-order valence-corrected chi connectivity index (χ0v) is 12.5. The van der Waals surface area contributed by atoms with Crippen molar-refractivity contribution in [1.29, 1.82) is 5.41 Å². The summed E-state index contributed by atoms with van der Waals surface area (Å²) in [7, 11) is -3.09. The second kappa shape index (κ2) is 5.03. The maximum atomic E-state index is 12.2. The Balaban J connectivity index is 1.93. The number of rotatable bonds is 5. The largest absolute Gasteiger partial charge is 0.386 e. The molecule has 1 heterocycles. The minimum atomic E-state index is -3.09. The van der Waals surface area contributed by atoms with Gasteiger partial charge in [0.25, 0.3) is 0 Å². The van der Waals surface area contributed by atoms with Crippen LogP contribution in [0.4, 0.5) is 0 Å². The van der Waals surface area contributed by atoms with Crippen molar-refractivity contribution in [1.82, 2.24) is 9.21 Å². The fourth-order valence-corrected chi connectivity index (χ4v) is 4.24. The number of nitrogens with zero attached hydrogens (tertiary/aromatic N) is 2. The highest BCUT2D eigenvalue weighted by atomic mass is 32.2. The molecule has 110 valence electrons. The third kappa shape index (κ3) is 3.27. The molecule has 0 atom stereocenters. The van der Waals surface area contributed by atoms with Crippen molar-refractivity contribution in [2.75, 3.05) is 31.9 Å². The average Bonchev–Trinajstić information content (AvgIpc) is 3.12. The summed E-state index contributed by atoms with van der Waals surface area (Å²) in [5, 5.41) is 7.61. The Morgan fingerprint density at radius 2 is 1.79 bits per heavy atom. The molecule has 2 fully saturated rings. The van der Waals surface area contributed by atoms with Crippen LogP contribution in [0.25, 0.3) is 0 Å². The molecule has 0 aromatic carbocycles. The van der Waals surface area contributed by atoms with Gasteiger partial charge < -0.3 is 5.73 Å². The maximum Gasteiger partial charge on any atom is 0.214 e. The highest BCUT2D eigenvalue weighted by Gasteiger charge is 2.37. The molecule has 1 saturated carbocycles. The molecular formula is C12H24N4O2S. The van der Waals surface area contributed by atoms with Crippen molar-refractivity contribution in [3.63, 3.8) is 0 Å². The third-order valence-electron chi connectivity index (χ3n) is 4.22. The Bertz CT molecular complexity index is 448. The SMILES string of the molecule is CC(C)(C(=N)N)N1CCN(S(=O)(=O)CC2CC2)CC1. The number of piperazine rings is 1. The van der Waals surface area contributed by atoms with Gasteiger partial charge in [-0.1, -0.05) is 0 Å². The van der Waals surface area contributed by atoms with E-state index < -0.39 is 15.6 Å². The fourth-order valence-electron chi connectivity index (χ4n) is 2.38. The first-order valence-corrected chi connectivity index (χ1v) is 8.42. The number of amidine groups is 1. The van der Waals surface area contributed by atoms with E-state index in [1.54, 1.807) is 4.31 Å². The summed E-state index contributed by atoms with van der Waals surface area (Å²) in [6, 6.07) is 0. The molecular weight excluding hydrogens is 264 g/mol. The summed E-state index contributed by atoms with van der Waals surface area (Å²) in [6.07, 6.45) is 2.10. The van der Waals surface area contributed by atoms with E-state index in [1.807, 2.05) is 13.8 Å². The molecule has 19 heavy (non-hydrogen) atoms. The monoisotopic (exact) mass is 288 g/mol. The molecule has 0 aromatic rings. The average molecular weight is 288 g/mol. The van der Waals surface area contributed by atoms with Crippen molar-refractivity contribution < 1.29 is 8.42 Å². The number of hydrogen-bond donors (Lipinski definition) is 2. The minimum absolute atomic E-state index is 0.127. The summed E-state index contributed by atoms with van der Waals surface area (Å²) >= 11 is 0. The van der Waals surface area contributed by atoms with Gasteiger partial charge >= 0.3 is 0 Å².